The average molecular weight is 372 g/mol. The Morgan fingerprint density at radius 3 is 3.00 bits per heavy atom. The van der Waals surface area contributed by atoms with E-state index in [9.17, 15) is 4.79 Å². The van der Waals surface area contributed by atoms with Crippen molar-refractivity contribution < 1.29 is 4.79 Å². The molecular formula is C19H25N5OS. The first-order valence-corrected chi connectivity index (χ1v) is 10.0. The van der Waals surface area contributed by atoms with Crippen LogP contribution in [-0.4, -0.2) is 38.0 Å². The second-order valence-electron chi connectivity index (χ2n) is 6.63. The predicted octanol–water partition coefficient (Wildman–Crippen LogP) is 3.49. The molecule has 138 valence electrons. The van der Waals surface area contributed by atoms with Crippen LogP contribution in [0.4, 0.5) is 0 Å². The van der Waals surface area contributed by atoms with Gasteiger partial charge in [-0.1, -0.05) is 37.6 Å². The van der Waals surface area contributed by atoms with E-state index >= 15 is 0 Å². The maximum absolute atomic E-state index is 12.0. The third-order valence-electron chi connectivity index (χ3n) is 4.76. The van der Waals surface area contributed by atoms with Crippen molar-refractivity contribution in [3.05, 3.63) is 37.2 Å². The third kappa shape index (κ3) is 4.33. The lowest BCUT2D eigenvalue weighted by Gasteiger charge is -2.31. The zero-order valence-electron chi connectivity index (χ0n) is 15.1. The second kappa shape index (κ2) is 8.98. The quantitative estimate of drug-likeness (QED) is 0.596. The predicted molar refractivity (Wildman–Crippen MR) is 104 cm³/mol. The second-order valence-corrected chi connectivity index (χ2v) is 7.57. The fraction of sp³-hybridized carbons (Fsp3) is 0.474. The molecule has 2 heterocycles. The number of nitrogens with zero attached hydrogens (tertiary/aromatic N) is 4. The minimum Gasteiger partial charge on any atom is -0.352 e. The summed E-state index contributed by atoms with van der Waals surface area (Å²) in [7, 11) is 0. The molecule has 1 N–H and O–H groups in total. The molecule has 1 aliphatic carbocycles. The summed E-state index contributed by atoms with van der Waals surface area (Å²) in [6.45, 7) is 6.39. The Morgan fingerprint density at radius 2 is 2.27 bits per heavy atom. The van der Waals surface area contributed by atoms with Gasteiger partial charge in [-0.05, 0) is 30.9 Å². The number of hydrogen-bond acceptors (Lipinski definition) is 5. The van der Waals surface area contributed by atoms with Crippen molar-refractivity contribution >= 4 is 17.7 Å². The number of rotatable bonds is 7. The molecule has 2 atom stereocenters. The van der Waals surface area contributed by atoms with Gasteiger partial charge in [-0.3, -0.25) is 14.3 Å². The monoisotopic (exact) mass is 371 g/mol. The summed E-state index contributed by atoms with van der Waals surface area (Å²) in [5.41, 5.74) is 0.959. The van der Waals surface area contributed by atoms with E-state index in [1.165, 1.54) is 31.0 Å². The molecule has 3 rings (SSSR count). The number of carbonyl (C=O) groups excluding carboxylic acids is 1. The number of aromatic nitrogens is 4. The van der Waals surface area contributed by atoms with E-state index in [-0.39, 0.29) is 5.91 Å². The zero-order chi connectivity index (χ0) is 18.4. The van der Waals surface area contributed by atoms with E-state index in [1.54, 1.807) is 12.3 Å². The van der Waals surface area contributed by atoms with Crippen molar-refractivity contribution in [3.8, 4) is 11.4 Å². The Balaban J connectivity index is 1.87. The zero-order valence-corrected chi connectivity index (χ0v) is 15.9. The molecule has 2 aromatic heterocycles. The maximum atomic E-state index is 12.0. The summed E-state index contributed by atoms with van der Waals surface area (Å²) in [5, 5.41) is 12.4. The van der Waals surface area contributed by atoms with Gasteiger partial charge in [0.1, 0.15) is 0 Å². The van der Waals surface area contributed by atoms with E-state index in [2.05, 4.69) is 38.6 Å². The molecule has 2 aromatic rings. The van der Waals surface area contributed by atoms with Crippen LogP contribution in [0.5, 0.6) is 0 Å². The fourth-order valence-corrected chi connectivity index (χ4v) is 4.24. The van der Waals surface area contributed by atoms with Crippen molar-refractivity contribution in [2.24, 2.45) is 5.92 Å². The van der Waals surface area contributed by atoms with Crippen molar-refractivity contribution in [1.29, 1.82) is 0 Å². The molecule has 26 heavy (non-hydrogen) atoms. The largest absolute Gasteiger partial charge is 0.352 e. The molecular weight excluding hydrogens is 346 g/mol. The van der Waals surface area contributed by atoms with Crippen LogP contribution >= 0.6 is 11.8 Å². The maximum Gasteiger partial charge on any atom is 0.230 e. The summed E-state index contributed by atoms with van der Waals surface area (Å²) in [5.74, 6) is 1.69. The molecule has 0 saturated heterocycles. The van der Waals surface area contributed by atoms with Crippen molar-refractivity contribution in [3.63, 3.8) is 0 Å². The van der Waals surface area contributed by atoms with Crippen LogP contribution in [0.1, 0.15) is 38.6 Å². The highest BCUT2D eigenvalue weighted by atomic mass is 32.2. The minimum atomic E-state index is -0.0240. The molecule has 0 radical (unpaired) electrons. The van der Waals surface area contributed by atoms with E-state index in [0.29, 0.717) is 24.3 Å². The minimum absolute atomic E-state index is 0.0240. The van der Waals surface area contributed by atoms with E-state index < -0.39 is 0 Å². The molecule has 0 aromatic carbocycles. The lowest BCUT2D eigenvalue weighted by molar-refractivity contribution is -0.118. The number of thioether (sulfide) groups is 1. The third-order valence-corrected chi connectivity index (χ3v) is 5.70. The van der Waals surface area contributed by atoms with Gasteiger partial charge in [-0.15, -0.1) is 16.8 Å². The SMILES string of the molecule is C=CCNC(=O)CSc1nnc(-c2cccnc2)n1[C@@H]1CCCC[C@H]1C. The van der Waals surface area contributed by atoms with Crippen LogP contribution in [-0.2, 0) is 4.79 Å². The fourth-order valence-electron chi connectivity index (χ4n) is 3.41. The van der Waals surface area contributed by atoms with E-state index in [1.807, 2.05) is 18.3 Å². The summed E-state index contributed by atoms with van der Waals surface area (Å²) < 4.78 is 2.23. The summed E-state index contributed by atoms with van der Waals surface area (Å²) in [6, 6.07) is 4.27. The number of amides is 1. The van der Waals surface area contributed by atoms with Crippen LogP contribution in [0, 0.1) is 5.92 Å². The topological polar surface area (TPSA) is 72.7 Å². The van der Waals surface area contributed by atoms with E-state index in [4.69, 9.17) is 0 Å². The first-order valence-electron chi connectivity index (χ1n) is 9.06. The highest BCUT2D eigenvalue weighted by molar-refractivity contribution is 7.99. The lowest BCUT2D eigenvalue weighted by Crippen LogP contribution is -2.26. The van der Waals surface area contributed by atoms with Crippen LogP contribution < -0.4 is 5.32 Å². The van der Waals surface area contributed by atoms with Gasteiger partial charge in [0.2, 0.25) is 5.91 Å². The van der Waals surface area contributed by atoms with Crippen molar-refractivity contribution in [2.45, 2.75) is 43.8 Å². The average Bonchev–Trinajstić information content (AvgIpc) is 3.09. The molecule has 0 bridgehead atoms. The molecule has 1 amide bonds. The lowest BCUT2D eigenvalue weighted by atomic mass is 9.85. The highest BCUT2D eigenvalue weighted by Gasteiger charge is 2.28. The molecule has 0 unspecified atom stereocenters. The first kappa shape index (κ1) is 18.6. The smallest absolute Gasteiger partial charge is 0.230 e. The van der Waals surface area contributed by atoms with Crippen LogP contribution in [0.15, 0.2) is 42.3 Å². The Morgan fingerprint density at radius 1 is 1.42 bits per heavy atom. The van der Waals surface area contributed by atoms with Crippen LogP contribution in [0.25, 0.3) is 11.4 Å². The molecule has 7 heteroatoms. The normalized spacial score (nSPS) is 19.9. The van der Waals surface area contributed by atoms with Gasteiger partial charge in [-0.25, -0.2) is 0 Å². The molecule has 6 nitrogen and oxygen atoms in total. The van der Waals surface area contributed by atoms with Crippen LogP contribution in [0.3, 0.4) is 0 Å². The van der Waals surface area contributed by atoms with Gasteiger partial charge in [0.25, 0.3) is 0 Å². The number of pyridine rings is 1. The molecule has 1 fully saturated rings. The van der Waals surface area contributed by atoms with Gasteiger partial charge in [0.05, 0.1) is 5.75 Å². The first-order chi connectivity index (χ1) is 12.7. The number of carbonyl (C=O) groups is 1. The standard InChI is InChI=1S/C19H25N5OS/c1-3-10-21-17(25)13-26-19-23-22-18(15-8-6-11-20-12-15)24(19)16-9-5-4-7-14(16)2/h3,6,8,11-12,14,16H,1,4-5,7,9-10,13H2,2H3,(H,21,25)/t14-,16-/m1/s1. The van der Waals surface area contributed by atoms with Crippen molar-refractivity contribution in [1.82, 2.24) is 25.1 Å². The Kier molecular flexibility index (Phi) is 6.44. The summed E-state index contributed by atoms with van der Waals surface area (Å²) in [4.78, 5) is 16.2. The molecule has 0 spiro atoms. The Labute approximate surface area is 158 Å². The van der Waals surface area contributed by atoms with Gasteiger partial charge < -0.3 is 5.32 Å². The number of nitrogens with one attached hydrogen (secondary N) is 1. The highest BCUT2D eigenvalue weighted by Crippen LogP contribution is 2.38. The Bertz CT molecular complexity index is 746. The molecule has 1 aliphatic rings. The van der Waals surface area contributed by atoms with Crippen molar-refractivity contribution in [2.75, 3.05) is 12.3 Å². The van der Waals surface area contributed by atoms with Gasteiger partial charge in [0, 0.05) is 30.5 Å². The summed E-state index contributed by atoms with van der Waals surface area (Å²) >= 11 is 1.44. The van der Waals surface area contributed by atoms with Gasteiger partial charge in [0.15, 0.2) is 11.0 Å². The van der Waals surface area contributed by atoms with Gasteiger partial charge >= 0.3 is 0 Å². The molecule has 0 aliphatic heterocycles. The van der Waals surface area contributed by atoms with E-state index in [0.717, 1.165) is 23.0 Å². The Hall–Kier alpha value is -2.15. The summed E-state index contributed by atoms with van der Waals surface area (Å²) in [6.07, 6.45) is 10.1. The van der Waals surface area contributed by atoms with Crippen LogP contribution in [0.2, 0.25) is 0 Å². The van der Waals surface area contributed by atoms with Gasteiger partial charge in [-0.2, -0.15) is 0 Å². The molecule has 1 saturated carbocycles. The number of hydrogen-bond donors (Lipinski definition) is 1.